The number of carboxylic acids is 1. The second kappa shape index (κ2) is 4.01. The Morgan fingerprint density at radius 1 is 1.47 bits per heavy atom. The van der Waals surface area contributed by atoms with Crippen molar-refractivity contribution < 1.29 is 27.1 Å². The van der Waals surface area contributed by atoms with Crippen LogP contribution in [0.2, 0.25) is 0 Å². The van der Waals surface area contributed by atoms with Crippen molar-refractivity contribution >= 4 is 16.0 Å². The third kappa shape index (κ3) is 2.85. The Labute approximate surface area is 85.5 Å². The second-order valence-corrected chi connectivity index (χ2v) is 5.26. The normalized spacial score (nSPS) is 19.9. The van der Waals surface area contributed by atoms with Gasteiger partial charge in [-0.1, -0.05) is 0 Å². The van der Waals surface area contributed by atoms with Gasteiger partial charge in [-0.05, 0) is 19.3 Å². The number of hydrogen-bond donors (Lipinski definition) is 2. The second-order valence-electron chi connectivity index (χ2n) is 3.61. The third-order valence-corrected chi connectivity index (χ3v) is 3.58. The van der Waals surface area contributed by atoms with Crippen LogP contribution in [0.5, 0.6) is 0 Å². The molecule has 5 nitrogen and oxygen atoms in total. The molecule has 88 valence electrons. The fourth-order valence-electron chi connectivity index (χ4n) is 1.55. The first-order valence-electron chi connectivity index (χ1n) is 4.30. The van der Waals surface area contributed by atoms with E-state index < -0.39 is 33.7 Å². The smallest absolute Gasteiger partial charge is 0.350 e. The first-order chi connectivity index (χ1) is 6.77. The molecule has 0 unspecified atom stereocenters. The van der Waals surface area contributed by atoms with E-state index >= 15 is 0 Å². The van der Waals surface area contributed by atoms with Gasteiger partial charge in [-0.2, -0.15) is 8.78 Å². The molecule has 2 N–H and O–H groups in total. The molecule has 0 aromatic heterocycles. The van der Waals surface area contributed by atoms with E-state index in [0.717, 1.165) is 0 Å². The van der Waals surface area contributed by atoms with Gasteiger partial charge in [-0.3, -0.25) is 4.79 Å². The molecule has 0 atom stereocenters. The number of halogens is 2. The highest BCUT2D eigenvalue weighted by Crippen LogP contribution is 2.36. The van der Waals surface area contributed by atoms with Crippen molar-refractivity contribution in [3.05, 3.63) is 0 Å². The lowest BCUT2D eigenvalue weighted by atomic mass is 9.75. The van der Waals surface area contributed by atoms with Gasteiger partial charge in [0, 0.05) is 5.54 Å². The van der Waals surface area contributed by atoms with Gasteiger partial charge in [0.1, 0.15) is 0 Å². The minimum atomic E-state index is -4.71. The molecule has 15 heavy (non-hydrogen) atoms. The first-order valence-corrected chi connectivity index (χ1v) is 5.85. The zero-order chi connectivity index (χ0) is 11.7. The maximum Gasteiger partial charge on any atom is 0.350 e. The van der Waals surface area contributed by atoms with Crippen molar-refractivity contribution in [2.45, 2.75) is 37.0 Å². The molecule has 8 heteroatoms. The summed E-state index contributed by atoms with van der Waals surface area (Å²) < 4.78 is 47.6. The third-order valence-electron chi connectivity index (χ3n) is 2.39. The van der Waals surface area contributed by atoms with Gasteiger partial charge in [-0.15, -0.1) is 0 Å². The van der Waals surface area contributed by atoms with Gasteiger partial charge >= 0.3 is 11.7 Å². The summed E-state index contributed by atoms with van der Waals surface area (Å²) in [4.78, 5) is 10.4. The van der Waals surface area contributed by atoms with Crippen LogP contribution in [0.15, 0.2) is 0 Å². The predicted molar refractivity (Wildman–Crippen MR) is 46.9 cm³/mol. The van der Waals surface area contributed by atoms with Crippen LogP contribution >= 0.6 is 0 Å². The van der Waals surface area contributed by atoms with Crippen molar-refractivity contribution in [3.8, 4) is 0 Å². The summed E-state index contributed by atoms with van der Waals surface area (Å²) in [6, 6.07) is 0. The van der Waals surface area contributed by atoms with Gasteiger partial charge in [0.2, 0.25) is 0 Å². The van der Waals surface area contributed by atoms with E-state index in [4.69, 9.17) is 5.11 Å². The van der Waals surface area contributed by atoms with E-state index in [1.165, 1.54) is 0 Å². The number of nitrogens with one attached hydrogen (secondary N) is 1. The van der Waals surface area contributed by atoms with Gasteiger partial charge in [-0.25, -0.2) is 13.1 Å². The number of aliphatic carboxylic acids is 1. The lowest BCUT2D eigenvalue weighted by Gasteiger charge is -2.40. The average Bonchev–Trinajstić information content (AvgIpc) is 1.98. The molecule has 0 aromatic carbocycles. The van der Waals surface area contributed by atoms with Gasteiger partial charge in [0.15, 0.2) is 0 Å². The van der Waals surface area contributed by atoms with E-state index in [-0.39, 0.29) is 12.8 Å². The van der Waals surface area contributed by atoms with E-state index in [0.29, 0.717) is 6.42 Å². The summed E-state index contributed by atoms with van der Waals surface area (Å²) in [6.07, 6.45) is 0.745. The standard InChI is InChI=1S/C7H11F2NO4S/c8-6(9)15(13,14)10-7(2-1-3-7)4-5(11)12/h6,10H,1-4H2,(H,11,12). The van der Waals surface area contributed by atoms with E-state index in [1.54, 1.807) is 4.72 Å². The molecule has 0 aliphatic heterocycles. The summed E-state index contributed by atoms with van der Waals surface area (Å²) in [6.45, 7) is 0. The molecular weight excluding hydrogens is 232 g/mol. The molecule has 1 fully saturated rings. The number of alkyl halides is 2. The summed E-state index contributed by atoms with van der Waals surface area (Å²) in [7, 11) is -4.71. The molecule has 1 saturated carbocycles. The van der Waals surface area contributed by atoms with Gasteiger partial charge in [0.25, 0.3) is 10.0 Å². The van der Waals surface area contributed by atoms with E-state index in [9.17, 15) is 22.0 Å². The highest BCUT2D eigenvalue weighted by atomic mass is 32.2. The molecule has 0 heterocycles. The highest BCUT2D eigenvalue weighted by molar-refractivity contribution is 7.89. The molecule has 1 aliphatic rings. The Kier molecular flexibility index (Phi) is 3.29. The number of carbonyl (C=O) groups is 1. The molecule has 1 rings (SSSR count). The molecule has 1 aliphatic carbocycles. The van der Waals surface area contributed by atoms with Crippen molar-refractivity contribution in [1.29, 1.82) is 0 Å². The van der Waals surface area contributed by atoms with Crippen LogP contribution < -0.4 is 4.72 Å². The SMILES string of the molecule is O=C(O)CC1(NS(=O)(=O)C(F)F)CCC1. The van der Waals surface area contributed by atoms with Gasteiger partial charge in [0.05, 0.1) is 6.42 Å². The van der Waals surface area contributed by atoms with Crippen molar-refractivity contribution in [3.63, 3.8) is 0 Å². The first kappa shape index (κ1) is 12.3. The Morgan fingerprint density at radius 2 is 2.00 bits per heavy atom. The Balaban J connectivity index is 2.73. The summed E-state index contributed by atoms with van der Waals surface area (Å²) in [5, 5.41) is 8.53. The topological polar surface area (TPSA) is 83.5 Å². The average molecular weight is 243 g/mol. The molecule has 0 saturated heterocycles. The minimum Gasteiger partial charge on any atom is -0.481 e. The summed E-state index contributed by atoms with van der Waals surface area (Å²) >= 11 is 0. The molecule has 0 spiro atoms. The largest absolute Gasteiger partial charge is 0.481 e. The molecule has 0 bridgehead atoms. The number of carboxylic acid groups (broad SMARTS) is 1. The summed E-state index contributed by atoms with van der Waals surface area (Å²) in [5.74, 6) is -4.73. The van der Waals surface area contributed by atoms with Crippen LogP contribution in [0.4, 0.5) is 8.78 Å². The van der Waals surface area contributed by atoms with Gasteiger partial charge < -0.3 is 5.11 Å². The van der Waals surface area contributed by atoms with Crippen LogP contribution in [0.25, 0.3) is 0 Å². The van der Waals surface area contributed by atoms with Crippen LogP contribution in [0.1, 0.15) is 25.7 Å². The summed E-state index contributed by atoms with van der Waals surface area (Å²) in [5.41, 5.74) is -1.21. The van der Waals surface area contributed by atoms with E-state index in [2.05, 4.69) is 0 Å². The number of hydrogen-bond acceptors (Lipinski definition) is 3. The lowest BCUT2D eigenvalue weighted by molar-refractivity contribution is -0.139. The van der Waals surface area contributed by atoms with Crippen LogP contribution in [-0.2, 0) is 14.8 Å². The Bertz CT molecular complexity index is 350. The van der Waals surface area contributed by atoms with Crippen molar-refractivity contribution in [2.75, 3.05) is 0 Å². The fraction of sp³-hybridized carbons (Fsp3) is 0.857. The molecular formula is C7H11F2NO4S. The lowest BCUT2D eigenvalue weighted by Crippen LogP contribution is -2.55. The van der Waals surface area contributed by atoms with Crippen molar-refractivity contribution in [1.82, 2.24) is 4.72 Å². The Hall–Kier alpha value is -0.760. The predicted octanol–water partition coefficient (Wildman–Crippen LogP) is 0.526. The zero-order valence-electron chi connectivity index (χ0n) is 7.74. The van der Waals surface area contributed by atoms with E-state index in [1.807, 2.05) is 0 Å². The van der Waals surface area contributed by atoms with Crippen LogP contribution in [0, 0.1) is 0 Å². The maximum absolute atomic E-state index is 12.0. The number of rotatable bonds is 5. The quantitative estimate of drug-likeness (QED) is 0.737. The molecule has 0 amide bonds. The van der Waals surface area contributed by atoms with Crippen LogP contribution in [0.3, 0.4) is 0 Å². The highest BCUT2D eigenvalue weighted by Gasteiger charge is 2.44. The minimum absolute atomic E-state index is 0.283. The van der Waals surface area contributed by atoms with Crippen molar-refractivity contribution in [2.24, 2.45) is 0 Å². The molecule has 0 radical (unpaired) electrons. The molecule has 0 aromatic rings. The zero-order valence-corrected chi connectivity index (χ0v) is 8.56. The Morgan fingerprint density at radius 3 is 2.27 bits per heavy atom. The maximum atomic E-state index is 12.0. The van der Waals surface area contributed by atoms with Crippen LogP contribution in [-0.4, -0.2) is 30.8 Å². The number of sulfonamides is 1. The fourth-order valence-corrected chi connectivity index (χ4v) is 2.52. The monoisotopic (exact) mass is 243 g/mol.